The first-order chi connectivity index (χ1) is 13.9. The van der Waals surface area contributed by atoms with E-state index in [1.807, 2.05) is 6.07 Å². The maximum Gasteiger partial charge on any atom is 0.251 e. The van der Waals surface area contributed by atoms with Crippen molar-refractivity contribution in [2.24, 2.45) is 5.92 Å². The third kappa shape index (κ3) is 5.02. The number of nitrogens with one attached hydrogen (secondary N) is 2. The number of piperidine rings is 1. The Kier molecular flexibility index (Phi) is 6.66. The zero-order chi connectivity index (χ0) is 20.9. The molecular formula is C21H25N3O4S. The van der Waals surface area contributed by atoms with Gasteiger partial charge in [0.2, 0.25) is 15.9 Å². The number of sulfonamides is 1. The average molecular weight is 416 g/mol. The maximum atomic E-state index is 12.7. The molecule has 0 radical (unpaired) electrons. The van der Waals surface area contributed by atoms with Crippen LogP contribution in [-0.2, 0) is 21.4 Å². The lowest BCUT2D eigenvalue weighted by Crippen LogP contribution is -2.42. The standard InChI is InChI=1S/C21H25N3O4S/c1-22-20(25)18-7-5-6-16(14-18)15-23-21(26)17-10-12-24(13-11-17)29(27,28)19-8-3-2-4-9-19/h2-9,14,17H,10-13,15H2,1H3,(H,22,25)(H,23,26). The van der Waals surface area contributed by atoms with E-state index in [4.69, 9.17) is 0 Å². The first-order valence-corrected chi connectivity index (χ1v) is 11.0. The summed E-state index contributed by atoms with van der Waals surface area (Å²) in [6, 6.07) is 15.4. The van der Waals surface area contributed by atoms with Crippen LogP contribution in [-0.4, -0.2) is 44.7 Å². The number of carbonyl (C=O) groups excluding carboxylic acids is 2. The summed E-state index contributed by atoms with van der Waals surface area (Å²) >= 11 is 0. The van der Waals surface area contributed by atoms with Crippen molar-refractivity contribution in [2.75, 3.05) is 20.1 Å². The van der Waals surface area contributed by atoms with E-state index >= 15 is 0 Å². The molecule has 2 amide bonds. The van der Waals surface area contributed by atoms with Gasteiger partial charge in [-0.15, -0.1) is 0 Å². The second-order valence-electron chi connectivity index (χ2n) is 6.99. The minimum atomic E-state index is -3.52. The van der Waals surface area contributed by atoms with E-state index in [0.717, 1.165) is 5.56 Å². The Hall–Kier alpha value is -2.71. The molecular weight excluding hydrogens is 390 g/mol. The molecule has 7 nitrogen and oxygen atoms in total. The van der Waals surface area contributed by atoms with Crippen LogP contribution >= 0.6 is 0 Å². The summed E-state index contributed by atoms with van der Waals surface area (Å²) in [5, 5.41) is 5.47. The molecule has 154 valence electrons. The molecule has 1 aliphatic rings. The zero-order valence-electron chi connectivity index (χ0n) is 16.3. The normalized spacial score (nSPS) is 15.6. The minimum absolute atomic E-state index is 0.0906. The molecule has 0 saturated carbocycles. The Morgan fingerprint density at radius 2 is 1.72 bits per heavy atom. The Bertz CT molecular complexity index is 968. The van der Waals surface area contributed by atoms with Crippen LogP contribution < -0.4 is 10.6 Å². The summed E-state index contributed by atoms with van der Waals surface area (Å²) in [5.74, 6) is -0.489. The molecule has 1 heterocycles. The molecule has 2 aromatic carbocycles. The molecule has 2 N–H and O–H groups in total. The summed E-state index contributed by atoms with van der Waals surface area (Å²) in [4.78, 5) is 24.5. The molecule has 8 heteroatoms. The fourth-order valence-electron chi connectivity index (χ4n) is 3.40. The van der Waals surface area contributed by atoms with Gasteiger partial charge < -0.3 is 10.6 Å². The highest BCUT2D eigenvalue weighted by atomic mass is 32.2. The largest absolute Gasteiger partial charge is 0.355 e. The van der Waals surface area contributed by atoms with E-state index in [1.54, 1.807) is 55.6 Å². The fraction of sp³-hybridized carbons (Fsp3) is 0.333. The van der Waals surface area contributed by atoms with Crippen molar-refractivity contribution in [3.63, 3.8) is 0 Å². The van der Waals surface area contributed by atoms with E-state index in [1.165, 1.54) is 4.31 Å². The quantitative estimate of drug-likeness (QED) is 0.752. The first-order valence-electron chi connectivity index (χ1n) is 9.56. The average Bonchev–Trinajstić information content (AvgIpc) is 2.77. The Morgan fingerprint density at radius 3 is 2.38 bits per heavy atom. The summed E-state index contributed by atoms with van der Waals surface area (Å²) in [6.07, 6.45) is 0.965. The van der Waals surface area contributed by atoms with Gasteiger partial charge in [0, 0.05) is 38.2 Å². The summed E-state index contributed by atoms with van der Waals surface area (Å²) < 4.78 is 26.8. The first kappa shape index (κ1) is 21.0. The number of hydrogen-bond acceptors (Lipinski definition) is 4. The van der Waals surface area contributed by atoms with Crippen molar-refractivity contribution in [1.82, 2.24) is 14.9 Å². The highest BCUT2D eigenvalue weighted by molar-refractivity contribution is 7.89. The molecule has 0 unspecified atom stereocenters. The number of carbonyl (C=O) groups is 2. The molecule has 1 fully saturated rings. The van der Waals surface area contributed by atoms with Crippen molar-refractivity contribution in [3.8, 4) is 0 Å². The van der Waals surface area contributed by atoms with E-state index in [9.17, 15) is 18.0 Å². The molecule has 3 rings (SSSR count). The molecule has 0 bridgehead atoms. The zero-order valence-corrected chi connectivity index (χ0v) is 17.1. The predicted octanol–water partition coefficient (Wildman–Crippen LogP) is 1.76. The Labute approximate surface area is 171 Å². The van der Waals surface area contributed by atoms with Crippen molar-refractivity contribution in [2.45, 2.75) is 24.3 Å². The maximum absolute atomic E-state index is 12.7. The van der Waals surface area contributed by atoms with Gasteiger partial charge in [0.25, 0.3) is 5.91 Å². The SMILES string of the molecule is CNC(=O)c1cccc(CNC(=O)C2CCN(S(=O)(=O)c3ccccc3)CC2)c1. The fourth-order valence-corrected chi connectivity index (χ4v) is 4.89. The minimum Gasteiger partial charge on any atom is -0.355 e. The van der Waals surface area contributed by atoms with Crippen molar-refractivity contribution >= 4 is 21.8 Å². The highest BCUT2D eigenvalue weighted by Gasteiger charge is 2.31. The lowest BCUT2D eigenvalue weighted by atomic mass is 9.97. The third-order valence-electron chi connectivity index (χ3n) is 5.09. The van der Waals surface area contributed by atoms with Crippen LogP contribution in [0.5, 0.6) is 0 Å². The summed E-state index contributed by atoms with van der Waals surface area (Å²) in [6.45, 7) is 0.967. The van der Waals surface area contributed by atoms with Gasteiger partial charge in [0.05, 0.1) is 4.90 Å². The van der Waals surface area contributed by atoms with Crippen molar-refractivity contribution in [1.29, 1.82) is 0 Å². The molecule has 1 saturated heterocycles. The van der Waals surface area contributed by atoms with Gasteiger partial charge >= 0.3 is 0 Å². The molecule has 0 aliphatic carbocycles. The number of benzene rings is 2. The van der Waals surface area contributed by atoms with Crippen LogP contribution in [0.1, 0.15) is 28.8 Å². The van der Waals surface area contributed by atoms with Crippen LogP contribution in [0.2, 0.25) is 0 Å². The van der Waals surface area contributed by atoms with E-state index in [0.29, 0.717) is 38.0 Å². The van der Waals surface area contributed by atoms with Crippen LogP contribution in [0.25, 0.3) is 0 Å². The lowest BCUT2D eigenvalue weighted by Gasteiger charge is -2.30. The van der Waals surface area contributed by atoms with Crippen molar-refractivity contribution in [3.05, 3.63) is 65.7 Å². The van der Waals surface area contributed by atoms with E-state index in [-0.39, 0.29) is 22.6 Å². The topological polar surface area (TPSA) is 95.6 Å². The molecule has 0 spiro atoms. The van der Waals surface area contributed by atoms with Crippen LogP contribution in [0.3, 0.4) is 0 Å². The van der Waals surface area contributed by atoms with Gasteiger partial charge in [0.15, 0.2) is 0 Å². The number of nitrogens with zero attached hydrogens (tertiary/aromatic N) is 1. The van der Waals surface area contributed by atoms with Crippen LogP contribution in [0, 0.1) is 5.92 Å². The second kappa shape index (κ2) is 9.19. The van der Waals surface area contributed by atoms with Gasteiger partial charge in [-0.3, -0.25) is 9.59 Å². The van der Waals surface area contributed by atoms with Gasteiger partial charge in [-0.2, -0.15) is 4.31 Å². The molecule has 2 aromatic rings. The number of rotatable bonds is 6. The lowest BCUT2D eigenvalue weighted by molar-refractivity contribution is -0.126. The van der Waals surface area contributed by atoms with E-state index < -0.39 is 10.0 Å². The molecule has 29 heavy (non-hydrogen) atoms. The second-order valence-corrected chi connectivity index (χ2v) is 8.93. The predicted molar refractivity (Wildman–Crippen MR) is 110 cm³/mol. The molecule has 0 atom stereocenters. The summed E-state index contributed by atoms with van der Waals surface area (Å²) in [5.41, 5.74) is 1.38. The Morgan fingerprint density at radius 1 is 1.03 bits per heavy atom. The smallest absolute Gasteiger partial charge is 0.251 e. The van der Waals surface area contributed by atoms with Gasteiger partial charge in [-0.05, 0) is 42.7 Å². The molecule has 0 aromatic heterocycles. The molecule has 1 aliphatic heterocycles. The highest BCUT2D eigenvalue weighted by Crippen LogP contribution is 2.24. The number of hydrogen-bond donors (Lipinski definition) is 2. The van der Waals surface area contributed by atoms with Gasteiger partial charge in [0.1, 0.15) is 0 Å². The van der Waals surface area contributed by atoms with Crippen LogP contribution in [0.15, 0.2) is 59.5 Å². The third-order valence-corrected chi connectivity index (χ3v) is 7.00. The monoisotopic (exact) mass is 415 g/mol. The van der Waals surface area contributed by atoms with Gasteiger partial charge in [-0.25, -0.2) is 8.42 Å². The summed E-state index contributed by atoms with van der Waals surface area (Å²) in [7, 11) is -1.95. The van der Waals surface area contributed by atoms with E-state index in [2.05, 4.69) is 10.6 Å². The Balaban J connectivity index is 1.54. The van der Waals surface area contributed by atoms with Crippen molar-refractivity contribution < 1.29 is 18.0 Å². The van der Waals surface area contributed by atoms with Gasteiger partial charge in [-0.1, -0.05) is 30.3 Å². The van der Waals surface area contributed by atoms with Crippen LogP contribution in [0.4, 0.5) is 0 Å². The number of amides is 2.